The van der Waals surface area contributed by atoms with E-state index in [0.717, 1.165) is 10.5 Å². The summed E-state index contributed by atoms with van der Waals surface area (Å²) in [6, 6.07) is 9.73. The third kappa shape index (κ3) is 3.64. The quantitative estimate of drug-likeness (QED) is 0.580. The number of anilines is 1. The number of para-hydroxylation sites is 2. The van der Waals surface area contributed by atoms with Crippen molar-refractivity contribution in [2.75, 3.05) is 25.8 Å². The van der Waals surface area contributed by atoms with Gasteiger partial charge in [-0.3, -0.25) is 9.59 Å². The number of ether oxygens (including phenoxy) is 3. The molecule has 154 valence electrons. The van der Waals surface area contributed by atoms with Crippen molar-refractivity contribution >= 4 is 29.6 Å². The number of methoxy groups -OCH3 is 1. The topological polar surface area (TPSA) is 106 Å². The molecule has 0 radical (unpaired) electrons. The highest BCUT2D eigenvalue weighted by Crippen LogP contribution is 2.35. The first kappa shape index (κ1) is 19.3. The van der Waals surface area contributed by atoms with Gasteiger partial charge in [-0.1, -0.05) is 12.1 Å². The van der Waals surface area contributed by atoms with Gasteiger partial charge in [0.15, 0.2) is 11.5 Å². The first-order valence-corrected chi connectivity index (χ1v) is 9.14. The number of fused-ring (bicyclic) bond motifs is 1. The summed E-state index contributed by atoms with van der Waals surface area (Å²) < 4.78 is 15.9. The molecule has 2 heterocycles. The Bertz CT molecular complexity index is 1080. The van der Waals surface area contributed by atoms with Crippen molar-refractivity contribution in [3.8, 4) is 17.2 Å². The van der Waals surface area contributed by atoms with Crippen LogP contribution in [0.3, 0.4) is 0 Å². The maximum atomic E-state index is 12.7. The standard InChI is InChI=1S/C21H19N3O6/c1-12-7-17-18(30-11-29-17)9-13(12)8-15-20(26)24(21(27)23-15)10-19(25)22-14-5-3-4-6-16(14)28-2/h3-9H,10-11H2,1-2H3,(H,22,25)(H,23,27)/b15-8+. The molecule has 0 aliphatic carbocycles. The Hall–Kier alpha value is -4.01. The van der Waals surface area contributed by atoms with E-state index in [1.165, 1.54) is 7.11 Å². The molecule has 30 heavy (non-hydrogen) atoms. The Morgan fingerprint density at radius 1 is 1.23 bits per heavy atom. The summed E-state index contributed by atoms with van der Waals surface area (Å²) in [7, 11) is 1.48. The van der Waals surface area contributed by atoms with Crippen molar-refractivity contribution in [1.82, 2.24) is 10.2 Å². The van der Waals surface area contributed by atoms with Gasteiger partial charge in [0.05, 0.1) is 12.8 Å². The average molecular weight is 409 g/mol. The lowest BCUT2D eigenvalue weighted by molar-refractivity contribution is -0.127. The summed E-state index contributed by atoms with van der Waals surface area (Å²) >= 11 is 0. The van der Waals surface area contributed by atoms with Gasteiger partial charge in [-0.2, -0.15) is 0 Å². The van der Waals surface area contributed by atoms with Crippen LogP contribution in [0.15, 0.2) is 42.1 Å². The minimum atomic E-state index is -0.667. The van der Waals surface area contributed by atoms with Crippen molar-refractivity contribution in [1.29, 1.82) is 0 Å². The van der Waals surface area contributed by atoms with Crippen LogP contribution in [0.4, 0.5) is 10.5 Å². The number of nitrogens with one attached hydrogen (secondary N) is 2. The molecule has 0 saturated carbocycles. The van der Waals surface area contributed by atoms with E-state index in [0.29, 0.717) is 28.5 Å². The van der Waals surface area contributed by atoms with E-state index in [2.05, 4.69) is 10.6 Å². The summed E-state index contributed by atoms with van der Waals surface area (Å²) in [4.78, 5) is 38.2. The van der Waals surface area contributed by atoms with Crippen molar-refractivity contribution in [2.24, 2.45) is 0 Å². The van der Waals surface area contributed by atoms with Crippen LogP contribution in [0.25, 0.3) is 6.08 Å². The summed E-state index contributed by atoms with van der Waals surface area (Å²) in [6.07, 6.45) is 1.55. The third-order valence-corrected chi connectivity index (χ3v) is 4.71. The SMILES string of the molecule is COc1ccccc1NC(=O)CN1C(=O)N/C(=C/c2cc3c(cc2C)OCO3)C1=O. The molecule has 2 aromatic rings. The van der Waals surface area contributed by atoms with Gasteiger partial charge < -0.3 is 24.8 Å². The highest BCUT2D eigenvalue weighted by Gasteiger charge is 2.35. The molecule has 0 unspecified atom stereocenters. The zero-order valence-electron chi connectivity index (χ0n) is 16.4. The molecule has 0 atom stereocenters. The maximum Gasteiger partial charge on any atom is 0.329 e. The fourth-order valence-corrected chi connectivity index (χ4v) is 3.17. The number of rotatable bonds is 5. The molecule has 9 nitrogen and oxygen atoms in total. The van der Waals surface area contributed by atoms with E-state index in [1.807, 2.05) is 6.92 Å². The largest absolute Gasteiger partial charge is 0.495 e. The van der Waals surface area contributed by atoms with Crippen LogP contribution < -0.4 is 24.8 Å². The lowest BCUT2D eigenvalue weighted by atomic mass is 10.1. The van der Waals surface area contributed by atoms with E-state index >= 15 is 0 Å². The molecule has 4 amide bonds. The van der Waals surface area contributed by atoms with E-state index in [9.17, 15) is 14.4 Å². The highest BCUT2D eigenvalue weighted by atomic mass is 16.7. The molecule has 2 aliphatic heterocycles. The number of hydrogen-bond acceptors (Lipinski definition) is 6. The second kappa shape index (κ2) is 7.78. The zero-order chi connectivity index (χ0) is 21.3. The summed E-state index contributed by atoms with van der Waals surface area (Å²) in [5.41, 5.74) is 2.07. The number of urea groups is 1. The molecule has 2 aromatic carbocycles. The smallest absolute Gasteiger partial charge is 0.329 e. The Balaban J connectivity index is 1.49. The van der Waals surface area contributed by atoms with Crippen molar-refractivity contribution in [2.45, 2.75) is 6.92 Å². The minimum absolute atomic E-state index is 0.0760. The Labute approximate surface area is 172 Å². The number of carbonyl (C=O) groups excluding carboxylic acids is 3. The Morgan fingerprint density at radius 2 is 1.97 bits per heavy atom. The molecule has 0 bridgehead atoms. The number of nitrogens with zero attached hydrogens (tertiary/aromatic N) is 1. The predicted octanol–water partition coefficient (Wildman–Crippen LogP) is 2.26. The number of imide groups is 1. The number of amides is 4. The first-order valence-electron chi connectivity index (χ1n) is 9.14. The van der Waals surface area contributed by atoms with E-state index < -0.39 is 24.4 Å². The third-order valence-electron chi connectivity index (χ3n) is 4.71. The van der Waals surface area contributed by atoms with Gasteiger partial charge in [0.2, 0.25) is 12.7 Å². The Kier molecular flexibility index (Phi) is 5.01. The number of aryl methyl sites for hydroxylation is 1. The normalized spacial score (nSPS) is 16.1. The lowest BCUT2D eigenvalue weighted by Gasteiger charge is -2.13. The molecular weight excluding hydrogens is 390 g/mol. The second-order valence-electron chi connectivity index (χ2n) is 6.69. The average Bonchev–Trinajstić information content (AvgIpc) is 3.28. The number of hydrogen-bond donors (Lipinski definition) is 2. The molecule has 9 heteroatoms. The number of benzene rings is 2. The molecule has 4 rings (SSSR count). The lowest BCUT2D eigenvalue weighted by Crippen LogP contribution is -2.38. The molecule has 0 aromatic heterocycles. The van der Waals surface area contributed by atoms with Gasteiger partial charge in [0.25, 0.3) is 5.91 Å². The highest BCUT2D eigenvalue weighted by molar-refractivity contribution is 6.16. The van der Waals surface area contributed by atoms with E-state index in [-0.39, 0.29) is 12.5 Å². The zero-order valence-corrected chi connectivity index (χ0v) is 16.4. The predicted molar refractivity (Wildman–Crippen MR) is 107 cm³/mol. The fourth-order valence-electron chi connectivity index (χ4n) is 3.17. The van der Waals surface area contributed by atoms with Gasteiger partial charge in [-0.05, 0) is 48.4 Å². The van der Waals surface area contributed by atoms with Crippen LogP contribution in [-0.2, 0) is 9.59 Å². The van der Waals surface area contributed by atoms with Gasteiger partial charge >= 0.3 is 6.03 Å². The van der Waals surface area contributed by atoms with Gasteiger partial charge in [0, 0.05) is 0 Å². The van der Waals surface area contributed by atoms with Crippen LogP contribution in [0.1, 0.15) is 11.1 Å². The van der Waals surface area contributed by atoms with Gasteiger partial charge in [-0.15, -0.1) is 0 Å². The molecular formula is C21H19N3O6. The number of carbonyl (C=O) groups is 3. The van der Waals surface area contributed by atoms with Crippen molar-refractivity contribution in [3.05, 3.63) is 53.2 Å². The fraction of sp³-hybridized carbons (Fsp3) is 0.190. The van der Waals surface area contributed by atoms with Crippen LogP contribution in [-0.4, -0.2) is 43.2 Å². The van der Waals surface area contributed by atoms with Crippen molar-refractivity contribution in [3.63, 3.8) is 0 Å². The summed E-state index contributed by atoms with van der Waals surface area (Å²) in [6.45, 7) is 1.56. The second-order valence-corrected chi connectivity index (χ2v) is 6.69. The molecule has 2 N–H and O–H groups in total. The van der Waals surface area contributed by atoms with Crippen molar-refractivity contribution < 1.29 is 28.6 Å². The summed E-state index contributed by atoms with van der Waals surface area (Å²) in [5, 5.41) is 5.15. The minimum Gasteiger partial charge on any atom is -0.495 e. The van der Waals surface area contributed by atoms with Crippen LogP contribution in [0.5, 0.6) is 17.2 Å². The molecule has 0 spiro atoms. The molecule has 1 saturated heterocycles. The Morgan fingerprint density at radius 3 is 2.73 bits per heavy atom. The van der Waals surface area contributed by atoms with E-state index in [4.69, 9.17) is 14.2 Å². The molecule has 2 aliphatic rings. The molecule has 1 fully saturated rings. The summed E-state index contributed by atoms with van der Waals surface area (Å²) in [5.74, 6) is 0.556. The monoisotopic (exact) mass is 409 g/mol. The van der Waals surface area contributed by atoms with E-state index in [1.54, 1.807) is 42.5 Å². The van der Waals surface area contributed by atoms with Crippen LogP contribution >= 0.6 is 0 Å². The van der Waals surface area contributed by atoms with Crippen LogP contribution in [0, 0.1) is 6.92 Å². The van der Waals surface area contributed by atoms with Gasteiger partial charge in [0.1, 0.15) is 18.0 Å². The first-order chi connectivity index (χ1) is 14.5. The van der Waals surface area contributed by atoms with Crippen LogP contribution in [0.2, 0.25) is 0 Å². The maximum absolute atomic E-state index is 12.7. The van der Waals surface area contributed by atoms with Gasteiger partial charge in [-0.25, -0.2) is 9.69 Å².